The minimum absolute atomic E-state index is 0.0366. The molecule has 0 radical (unpaired) electrons. The molecule has 2 nitrogen and oxygen atoms in total. The van der Waals surface area contributed by atoms with Crippen LogP contribution in [-0.4, -0.2) is 6.18 Å². The van der Waals surface area contributed by atoms with Gasteiger partial charge in [-0.1, -0.05) is 17.7 Å². The van der Waals surface area contributed by atoms with E-state index in [2.05, 4.69) is 0 Å². The minimum atomic E-state index is -4.53. The lowest BCUT2D eigenvalue weighted by Crippen LogP contribution is -2.29. The van der Waals surface area contributed by atoms with E-state index in [1.54, 1.807) is 19.1 Å². The zero-order valence-corrected chi connectivity index (χ0v) is 7.97. The fraction of sp³-hybridized carbons (Fsp3) is 0.300. The van der Waals surface area contributed by atoms with Crippen LogP contribution in [0.5, 0.6) is 0 Å². The van der Waals surface area contributed by atoms with Gasteiger partial charge in [-0.25, -0.2) is 0 Å². The molecule has 0 aliphatic rings. The molecule has 0 saturated carbocycles. The number of hydrogen-bond donors (Lipinski definition) is 1. The first kappa shape index (κ1) is 11.5. The van der Waals surface area contributed by atoms with Gasteiger partial charge in [0.2, 0.25) is 0 Å². The van der Waals surface area contributed by atoms with Crippen LogP contribution in [0.1, 0.15) is 22.7 Å². The summed E-state index contributed by atoms with van der Waals surface area (Å²) in [5.41, 5.74) is 5.47. The molecule has 0 unspecified atom stereocenters. The normalized spacial score (nSPS) is 13.3. The number of hydrogen-bond acceptors (Lipinski definition) is 2. The number of alkyl halides is 3. The Balaban J connectivity index is 3.24. The quantitative estimate of drug-likeness (QED) is 0.780. The number of nitriles is 1. The Morgan fingerprint density at radius 3 is 2.47 bits per heavy atom. The van der Waals surface area contributed by atoms with E-state index in [9.17, 15) is 13.2 Å². The van der Waals surface area contributed by atoms with E-state index in [0.29, 0.717) is 5.56 Å². The van der Waals surface area contributed by atoms with Crippen molar-refractivity contribution in [2.75, 3.05) is 0 Å². The number of rotatable bonds is 1. The third-order valence-corrected chi connectivity index (χ3v) is 2.02. The molecule has 1 rings (SSSR count). The van der Waals surface area contributed by atoms with Crippen molar-refractivity contribution in [2.24, 2.45) is 5.73 Å². The first-order valence-corrected chi connectivity index (χ1v) is 4.19. The second-order valence-corrected chi connectivity index (χ2v) is 3.22. The van der Waals surface area contributed by atoms with Gasteiger partial charge in [-0.2, -0.15) is 18.4 Å². The topological polar surface area (TPSA) is 49.8 Å². The summed E-state index contributed by atoms with van der Waals surface area (Å²) in [7, 11) is 0. The summed E-state index contributed by atoms with van der Waals surface area (Å²) in [5.74, 6) is 0. The third-order valence-electron chi connectivity index (χ3n) is 2.02. The first-order valence-electron chi connectivity index (χ1n) is 4.19. The second kappa shape index (κ2) is 3.91. The van der Waals surface area contributed by atoms with E-state index in [1.165, 1.54) is 12.1 Å². The van der Waals surface area contributed by atoms with Crippen molar-refractivity contribution >= 4 is 0 Å². The van der Waals surface area contributed by atoms with Crippen LogP contribution in [0.25, 0.3) is 0 Å². The van der Waals surface area contributed by atoms with E-state index >= 15 is 0 Å². The second-order valence-electron chi connectivity index (χ2n) is 3.22. The van der Waals surface area contributed by atoms with Gasteiger partial charge in [-0.05, 0) is 18.6 Å². The van der Waals surface area contributed by atoms with Crippen molar-refractivity contribution in [2.45, 2.75) is 19.1 Å². The maximum atomic E-state index is 12.3. The number of benzene rings is 1. The average Bonchev–Trinajstić information content (AvgIpc) is 2.15. The lowest BCUT2D eigenvalue weighted by molar-refractivity contribution is -0.149. The summed E-state index contributed by atoms with van der Waals surface area (Å²) in [6, 6.07) is 3.80. The van der Waals surface area contributed by atoms with Crippen LogP contribution in [0, 0.1) is 18.3 Å². The summed E-state index contributed by atoms with van der Waals surface area (Å²) < 4.78 is 37.0. The van der Waals surface area contributed by atoms with Crippen LogP contribution in [0.15, 0.2) is 18.2 Å². The maximum Gasteiger partial charge on any atom is 0.407 e. The van der Waals surface area contributed by atoms with E-state index < -0.39 is 12.2 Å². The molecule has 0 heterocycles. The number of aryl methyl sites for hydroxylation is 1. The van der Waals surface area contributed by atoms with Gasteiger partial charge < -0.3 is 5.73 Å². The summed E-state index contributed by atoms with van der Waals surface area (Å²) >= 11 is 0. The Bertz CT molecular complexity index is 404. The predicted octanol–water partition coefficient (Wildman–Crippen LogP) is 2.43. The average molecular weight is 214 g/mol. The molecular weight excluding hydrogens is 205 g/mol. The summed E-state index contributed by atoms with van der Waals surface area (Å²) in [4.78, 5) is 0. The standard InChI is InChI=1S/C10H9F3N2/c1-6-2-3-7(5-14)8(4-6)9(15)10(11,12)13/h2-4,9H,15H2,1H3/t9-/m1/s1. The molecule has 0 spiro atoms. The summed E-state index contributed by atoms with van der Waals surface area (Å²) in [6.45, 7) is 1.65. The molecule has 0 bridgehead atoms. The molecule has 2 N–H and O–H groups in total. The molecule has 5 heteroatoms. The molecule has 0 aromatic heterocycles. The van der Waals surface area contributed by atoms with Crippen LogP contribution in [0.4, 0.5) is 13.2 Å². The van der Waals surface area contributed by atoms with Crippen LogP contribution in [0.3, 0.4) is 0 Å². The summed E-state index contributed by atoms with van der Waals surface area (Å²) in [6.07, 6.45) is -4.53. The zero-order chi connectivity index (χ0) is 11.6. The van der Waals surface area contributed by atoms with Gasteiger partial charge in [0, 0.05) is 0 Å². The van der Waals surface area contributed by atoms with Crippen molar-refractivity contribution in [3.63, 3.8) is 0 Å². The minimum Gasteiger partial charge on any atom is -0.316 e. The molecule has 80 valence electrons. The highest BCUT2D eigenvalue weighted by molar-refractivity contribution is 5.42. The Morgan fingerprint density at radius 1 is 1.40 bits per heavy atom. The van der Waals surface area contributed by atoms with Crippen molar-refractivity contribution in [1.82, 2.24) is 0 Å². The fourth-order valence-electron chi connectivity index (χ4n) is 1.22. The lowest BCUT2D eigenvalue weighted by atomic mass is 9.99. The summed E-state index contributed by atoms with van der Waals surface area (Å²) in [5, 5.41) is 8.65. The lowest BCUT2D eigenvalue weighted by Gasteiger charge is -2.17. The Kier molecular flexibility index (Phi) is 3.01. The monoisotopic (exact) mass is 214 g/mol. The Labute approximate surface area is 85.1 Å². The first-order chi connectivity index (χ1) is 6.86. The molecule has 0 amide bonds. The number of nitrogens with two attached hydrogens (primary N) is 1. The maximum absolute atomic E-state index is 12.3. The smallest absolute Gasteiger partial charge is 0.316 e. The van der Waals surface area contributed by atoms with E-state index in [-0.39, 0.29) is 11.1 Å². The Morgan fingerprint density at radius 2 is 2.00 bits per heavy atom. The van der Waals surface area contributed by atoms with E-state index in [1.807, 2.05) is 0 Å². The van der Waals surface area contributed by atoms with Gasteiger partial charge in [0.15, 0.2) is 0 Å². The molecule has 0 saturated heterocycles. The predicted molar refractivity (Wildman–Crippen MR) is 48.9 cm³/mol. The van der Waals surface area contributed by atoms with Crippen molar-refractivity contribution < 1.29 is 13.2 Å². The van der Waals surface area contributed by atoms with Gasteiger partial charge in [0.1, 0.15) is 6.04 Å². The van der Waals surface area contributed by atoms with E-state index in [0.717, 1.165) is 0 Å². The largest absolute Gasteiger partial charge is 0.407 e. The fourth-order valence-corrected chi connectivity index (χ4v) is 1.22. The molecule has 1 aromatic carbocycles. The molecule has 15 heavy (non-hydrogen) atoms. The Hall–Kier alpha value is -1.54. The molecule has 0 aliphatic heterocycles. The highest BCUT2D eigenvalue weighted by Gasteiger charge is 2.39. The molecule has 1 aromatic rings. The van der Waals surface area contributed by atoms with Crippen LogP contribution < -0.4 is 5.73 Å². The van der Waals surface area contributed by atoms with Crippen molar-refractivity contribution in [3.8, 4) is 6.07 Å². The number of nitrogens with zero attached hydrogens (tertiary/aromatic N) is 1. The highest BCUT2D eigenvalue weighted by Crippen LogP contribution is 2.32. The third kappa shape index (κ3) is 2.48. The highest BCUT2D eigenvalue weighted by atomic mass is 19.4. The van der Waals surface area contributed by atoms with Crippen LogP contribution in [0.2, 0.25) is 0 Å². The van der Waals surface area contributed by atoms with Crippen molar-refractivity contribution in [3.05, 3.63) is 34.9 Å². The van der Waals surface area contributed by atoms with Crippen LogP contribution >= 0.6 is 0 Å². The van der Waals surface area contributed by atoms with Gasteiger partial charge in [0.05, 0.1) is 11.6 Å². The SMILES string of the molecule is Cc1ccc(C#N)c([C@@H](N)C(F)(F)F)c1. The van der Waals surface area contributed by atoms with Gasteiger partial charge >= 0.3 is 6.18 Å². The molecular formula is C10H9F3N2. The number of halogens is 3. The molecule has 0 fully saturated rings. The van der Waals surface area contributed by atoms with Gasteiger partial charge in [-0.3, -0.25) is 0 Å². The molecule has 1 atom stereocenters. The van der Waals surface area contributed by atoms with Gasteiger partial charge in [-0.15, -0.1) is 0 Å². The van der Waals surface area contributed by atoms with Crippen LogP contribution in [-0.2, 0) is 0 Å². The van der Waals surface area contributed by atoms with Crippen molar-refractivity contribution in [1.29, 1.82) is 5.26 Å². The zero-order valence-electron chi connectivity index (χ0n) is 7.97. The van der Waals surface area contributed by atoms with Gasteiger partial charge in [0.25, 0.3) is 0 Å². The molecule has 0 aliphatic carbocycles. The van der Waals surface area contributed by atoms with E-state index in [4.69, 9.17) is 11.0 Å².